The Morgan fingerprint density at radius 1 is 1.67 bits per heavy atom. The molecule has 0 saturated carbocycles. The molecule has 0 saturated heterocycles. The summed E-state index contributed by atoms with van der Waals surface area (Å²) in [5.74, 6) is -1.18. The van der Waals surface area contributed by atoms with Gasteiger partial charge in [-0.1, -0.05) is 11.6 Å². The predicted octanol–water partition coefficient (Wildman–Crippen LogP) is 1.25. The Morgan fingerprint density at radius 2 is 2.33 bits per heavy atom. The van der Waals surface area contributed by atoms with Crippen molar-refractivity contribution < 1.29 is 14.7 Å². The number of carbonyl (C=O) groups is 2. The van der Waals surface area contributed by atoms with E-state index in [2.05, 4.69) is 4.98 Å². The van der Waals surface area contributed by atoms with Gasteiger partial charge in [0.1, 0.15) is 5.69 Å². The highest BCUT2D eigenvalue weighted by Crippen LogP contribution is 2.14. The van der Waals surface area contributed by atoms with E-state index in [9.17, 15) is 9.59 Å². The van der Waals surface area contributed by atoms with Crippen molar-refractivity contribution in [3.63, 3.8) is 0 Å². The van der Waals surface area contributed by atoms with E-state index < -0.39 is 5.97 Å². The molecule has 1 heterocycles. The molecule has 0 atom stereocenters. The Kier molecular flexibility index (Phi) is 2.40. The third-order valence-electron chi connectivity index (χ3n) is 1.23. The number of nitrogens with zero attached hydrogens (tertiary/aromatic N) is 1. The molecular formula is C7H4ClNO3. The average Bonchev–Trinajstić information content (AvgIpc) is 2.05. The van der Waals surface area contributed by atoms with Crippen LogP contribution in [-0.4, -0.2) is 22.3 Å². The topological polar surface area (TPSA) is 67.3 Å². The number of carboxylic acids is 1. The lowest BCUT2D eigenvalue weighted by atomic mass is 10.2. The number of pyridine rings is 1. The molecule has 0 spiro atoms. The summed E-state index contributed by atoms with van der Waals surface area (Å²) in [5, 5.41) is 8.58. The Hall–Kier alpha value is -1.42. The molecule has 0 radical (unpaired) electrons. The quantitative estimate of drug-likeness (QED) is 0.704. The molecule has 0 fully saturated rings. The largest absolute Gasteiger partial charge is 0.478 e. The number of aromatic carboxylic acids is 1. The van der Waals surface area contributed by atoms with Crippen LogP contribution >= 0.6 is 11.6 Å². The van der Waals surface area contributed by atoms with Crippen molar-refractivity contribution in [3.8, 4) is 0 Å². The minimum Gasteiger partial charge on any atom is -0.478 e. The molecule has 12 heavy (non-hydrogen) atoms. The van der Waals surface area contributed by atoms with Crippen molar-refractivity contribution >= 4 is 23.9 Å². The maximum atomic E-state index is 10.5. The van der Waals surface area contributed by atoms with Crippen LogP contribution in [0.15, 0.2) is 12.3 Å². The molecule has 5 heteroatoms. The van der Waals surface area contributed by atoms with Crippen LogP contribution in [0.3, 0.4) is 0 Å². The van der Waals surface area contributed by atoms with E-state index in [4.69, 9.17) is 16.7 Å². The molecular weight excluding hydrogens is 182 g/mol. The number of hydrogen-bond acceptors (Lipinski definition) is 3. The minimum absolute atomic E-state index is 0.0214. The summed E-state index contributed by atoms with van der Waals surface area (Å²) in [6.07, 6.45) is 1.59. The SMILES string of the molecule is O=Cc1cc(C(=O)O)c(Cl)cn1. The molecule has 1 aromatic rings. The fourth-order valence-electron chi connectivity index (χ4n) is 0.683. The summed E-state index contributed by atoms with van der Waals surface area (Å²) in [6, 6.07) is 1.12. The van der Waals surface area contributed by atoms with Crippen molar-refractivity contribution in [1.29, 1.82) is 0 Å². The third-order valence-corrected chi connectivity index (χ3v) is 1.53. The Bertz CT molecular complexity index is 337. The maximum Gasteiger partial charge on any atom is 0.337 e. The molecule has 0 aliphatic heterocycles. The maximum absolute atomic E-state index is 10.5. The normalized spacial score (nSPS) is 9.42. The number of aromatic nitrogens is 1. The van der Waals surface area contributed by atoms with Crippen molar-refractivity contribution in [2.45, 2.75) is 0 Å². The molecule has 0 aromatic carbocycles. The van der Waals surface area contributed by atoms with Gasteiger partial charge in [0, 0.05) is 6.20 Å². The minimum atomic E-state index is -1.18. The Balaban J connectivity index is 3.25. The zero-order valence-electron chi connectivity index (χ0n) is 5.82. The van der Waals surface area contributed by atoms with Gasteiger partial charge < -0.3 is 5.11 Å². The summed E-state index contributed by atoms with van der Waals surface area (Å²) < 4.78 is 0. The summed E-state index contributed by atoms with van der Waals surface area (Å²) in [6.45, 7) is 0. The van der Waals surface area contributed by atoms with Gasteiger partial charge in [0.2, 0.25) is 0 Å². The first kappa shape index (κ1) is 8.67. The second-order valence-electron chi connectivity index (χ2n) is 2.01. The third kappa shape index (κ3) is 1.60. The molecule has 62 valence electrons. The van der Waals surface area contributed by atoms with Gasteiger partial charge in [0.05, 0.1) is 10.6 Å². The van der Waals surface area contributed by atoms with E-state index in [1.165, 1.54) is 0 Å². The molecule has 1 aromatic heterocycles. The second kappa shape index (κ2) is 3.32. The molecule has 4 nitrogen and oxygen atoms in total. The standard InChI is InChI=1S/C7H4ClNO3/c8-6-2-9-4(3-10)1-5(6)7(11)12/h1-3H,(H,11,12). The summed E-state index contributed by atoms with van der Waals surface area (Å²) in [7, 11) is 0. The van der Waals surface area contributed by atoms with Crippen molar-refractivity contribution in [1.82, 2.24) is 4.98 Å². The Labute approximate surface area is 72.8 Å². The summed E-state index contributed by atoms with van der Waals surface area (Å²) >= 11 is 5.49. The molecule has 0 aliphatic carbocycles. The van der Waals surface area contributed by atoms with E-state index >= 15 is 0 Å². The van der Waals surface area contributed by atoms with Gasteiger partial charge in [-0.3, -0.25) is 9.78 Å². The smallest absolute Gasteiger partial charge is 0.337 e. The lowest BCUT2D eigenvalue weighted by Gasteiger charge is -1.97. The van der Waals surface area contributed by atoms with Crippen LogP contribution in [0, 0.1) is 0 Å². The van der Waals surface area contributed by atoms with Crippen LogP contribution < -0.4 is 0 Å². The monoisotopic (exact) mass is 185 g/mol. The van der Waals surface area contributed by atoms with E-state index in [0.717, 1.165) is 12.3 Å². The number of carbonyl (C=O) groups excluding carboxylic acids is 1. The number of hydrogen-bond donors (Lipinski definition) is 1. The van der Waals surface area contributed by atoms with Gasteiger partial charge in [0.15, 0.2) is 6.29 Å². The molecule has 0 aliphatic rings. The van der Waals surface area contributed by atoms with Crippen LogP contribution in [0.25, 0.3) is 0 Å². The van der Waals surface area contributed by atoms with E-state index in [1.54, 1.807) is 0 Å². The van der Waals surface area contributed by atoms with Gasteiger partial charge in [-0.05, 0) is 6.07 Å². The van der Waals surface area contributed by atoms with E-state index in [-0.39, 0.29) is 16.3 Å². The zero-order chi connectivity index (χ0) is 9.14. The van der Waals surface area contributed by atoms with Gasteiger partial charge in [0.25, 0.3) is 0 Å². The number of rotatable bonds is 2. The highest BCUT2D eigenvalue weighted by Gasteiger charge is 2.09. The molecule has 0 unspecified atom stereocenters. The first-order valence-electron chi connectivity index (χ1n) is 2.99. The highest BCUT2D eigenvalue weighted by molar-refractivity contribution is 6.33. The van der Waals surface area contributed by atoms with Gasteiger partial charge in [-0.2, -0.15) is 0 Å². The average molecular weight is 186 g/mol. The Morgan fingerprint density at radius 3 is 2.83 bits per heavy atom. The van der Waals surface area contributed by atoms with E-state index in [0.29, 0.717) is 6.29 Å². The molecule has 0 bridgehead atoms. The van der Waals surface area contributed by atoms with Gasteiger partial charge >= 0.3 is 5.97 Å². The van der Waals surface area contributed by atoms with Crippen LogP contribution in [0.1, 0.15) is 20.8 Å². The fourth-order valence-corrected chi connectivity index (χ4v) is 0.867. The lowest BCUT2D eigenvalue weighted by molar-refractivity contribution is 0.0697. The van der Waals surface area contributed by atoms with Gasteiger partial charge in [-0.15, -0.1) is 0 Å². The lowest BCUT2D eigenvalue weighted by Crippen LogP contribution is -2.00. The van der Waals surface area contributed by atoms with Crippen LogP contribution in [-0.2, 0) is 0 Å². The fraction of sp³-hybridized carbons (Fsp3) is 0. The first-order chi connectivity index (χ1) is 5.65. The summed E-state index contributed by atoms with van der Waals surface area (Å²) in [5.41, 5.74) is -0.0643. The number of aldehydes is 1. The van der Waals surface area contributed by atoms with E-state index in [1.807, 2.05) is 0 Å². The molecule has 1 rings (SSSR count). The van der Waals surface area contributed by atoms with Crippen LogP contribution in [0.5, 0.6) is 0 Å². The van der Waals surface area contributed by atoms with Crippen LogP contribution in [0.4, 0.5) is 0 Å². The van der Waals surface area contributed by atoms with Gasteiger partial charge in [-0.25, -0.2) is 4.79 Å². The van der Waals surface area contributed by atoms with Crippen LogP contribution in [0.2, 0.25) is 5.02 Å². The second-order valence-corrected chi connectivity index (χ2v) is 2.42. The number of halogens is 1. The molecule has 1 N–H and O–H groups in total. The summed E-state index contributed by atoms with van der Waals surface area (Å²) in [4.78, 5) is 24.2. The zero-order valence-corrected chi connectivity index (χ0v) is 6.58. The highest BCUT2D eigenvalue weighted by atomic mass is 35.5. The molecule has 0 amide bonds. The van der Waals surface area contributed by atoms with Crippen molar-refractivity contribution in [3.05, 3.63) is 28.5 Å². The van der Waals surface area contributed by atoms with Crippen molar-refractivity contribution in [2.24, 2.45) is 0 Å². The number of carboxylic acid groups (broad SMARTS) is 1. The first-order valence-corrected chi connectivity index (χ1v) is 3.37. The van der Waals surface area contributed by atoms with Crippen molar-refractivity contribution in [2.75, 3.05) is 0 Å². The predicted molar refractivity (Wildman–Crippen MR) is 41.6 cm³/mol.